The van der Waals surface area contributed by atoms with E-state index in [2.05, 4.69) is 20.2 Å². The van der Waals surface area contributed by atoms with Gasteiger partial charge in [0.1, 0.15) is 16.5 Å². The molecule has 3 rings (SSSR count). The Morgan fingerprint density at radius 3 is 2.77 bits per heavy atom. The number of nitrogens with one attached hydrogen (secondary N) is 1. The summed E-state index contributed by atoms with van der Waals surface area (Å²) >= 11 is 1.31. The average Bonchev–Trinajstić information content (AvgIpc) is 2.92. The quantitative estimate of drug-likeness (QED) is 0.747. The number of pyridine rings is 1. The molecule has 118 valence electrons. The number of hydrogen-bond acceptors (Lipinski definition) is 7. The van der Waals surface area contributed by atoms with Crippen molar-refractivity contribution in [2.24, 2.45) is 4.99 Å². The Hall–Kier alpha value is -1.80. The van der Waals surface area contributed by atoms with Crippen LogP contribution in [0.15, 0.2) is 17.3 Å². The molecule has 0 aromatic carbocycles. The number of piperazine rings is 1. The first-order valence-corrected chi connectivity index (χ1v) is 8.09. The molecular formula is C14H18N4O3S. The van der Waals surface area contributed by atoms with Crippen LogP contribution in [0.3, 0.4) is 0 Å². The van der Waals surface area contributed by atoms with Gasteiger partial charge in [-0.25, -0.2) is 9.78 Å². The fraction of sp³-hybridized carbons (Fsp3) is 0.500. The second-order valence-electron chi connectivity index (χ2n) is 5.58. The lowest BCUT2D eigenvalue weighted by molar-refractivity contribution is -0.141. The first-order chi connectivity index (χ1) is 10.5. The lowest BCUT2D eigenvalue weighted by Gasteiger charge is -2.29. The lowest BCUT2D eigenvalue weighted by Crippen LogP contribution is -2.43. The molecule has 0 unspecified atom stereocenters. The molecule has 1 fully saturated rings. The molecule has 1 aromatic heterocycles. The molecule has 0 spiro atoms. The van der Waals surface area contributed by atoms with Gasteiger partial charge in [-0.05, 0) is 6.92 Å². The van der Waals surface area contributed by atoms with E-state index in [-0.39, 0.29) is 5.75 Å². The largest absolute Gasteiger partial charge is 0.506 e. The number of aromatic hydroxyl groups is 1. The van der Waals surface area contributed by atoms with E-state index in [0.29, 0.717) is 16.5 Å². The molecule has 2 aliphatic rings. The Morgan fingerprint density at radius 1 is 1.45 bits per heavy atom. The van der Waals surface area contributed by atoms with Crippen LogP contribution in [-0.4, -0.2) is 63.7 Å². The van der Waals surface area contributed by atoms with Crippen LogP contribution in [0.1, 0.15) is 12.6 Å². The Morgan fingerprint density at radius 2 is 2.18 bits per heavy atom. The van der Waals surface area contributed by atoms with Crippen LogP contribution >= 0.6 is 11.8 Å². The van der Waals surface area contributed by atoms with E-state index >= 15 is 0 Å². The maximum Gasteiger partial charge on any atom is 0.332 e. The van der Waals surface area contributed by atoms with Gasteiger partial charge in [0.15, 0.2) is 5.54 Å². The third kappa shape index (κ3) is 2.76. The summed E-state index contributed by atoms with van der Waals surface area (Å²) in [5, 5.41) is 23.2. The van der Waals surface area contributed by atoms with Crippen molar-refractivity contribution < 1.29 is 15.0 Å². The number of anilines is 1. The van der Waals surface area contributed by atoms with E-state index in [1.165, 1.54) is 11.8 Å². The summed E-state index contributed by atoms with van der Waals surface area (Å²) in [6.07, 6.45) is 1.71. The minimum atomic E-state index is -1.15. The van der Waals surface area contributed by atoms with Gasteiger partial charge in [-0.15, -0.1) is 11.8 Å². The number of hydrogen-bond donors (Lipinski definition) is 3. The van der Waals surface area contributed by atoms with Crippen LogP contribution in [0, 0.1) is 0 Å². The molecule has 1 saturated heterocycles. The monoisotopic (exact) mass is 322 g/mol. The second kappa shape index (κ2) is 5.77. The molecule has 1 aromatic rings. The van der Waals surface area contributed by atoms with Gasteiger partial charge < -0.3 is 20.4 Å². The fourth-order valence-electron chi connectivity index (χ4n) is 2.43. The number of thioether (sulfide) groups is 1. The van der Waals surface area contributed by atoms with Crippen molar-refractivity contribution in [2.75, 3.05) is 36.8 Å². The summed E-state index contributed by atoms with van der Waals surface area (Å²) in [6.45, 7) is 5.12. The molecule has 3 N–H and O–H groups in total. The van der Waals surface area contributed by atoms with Gasteiger partial charge in [0.05, 0.1) is 11.9 Å². The van der Waals surface area contributed by atoms with Crippen LogP contribution < -0.4 is 10.2 Å². The normalized spacial score (nSPS) is 25.1. The number of carbonyl (C=O) groups is 1. The Kier molecular flexibility index (Phi) is 3.96. The predicted octanol–water partition coefficient (Wildman–Crippen LogP) is 0.534. The number of carboxylic acids is 1. The van der Waals surface area contributed by atoms with Crippen molar-refractivity contribution >= 4 is 28.5 Å². The number of aromatic nitrogens is 1. The number of rotatable bonds is 3. The summed E-state index contributed by atoms with van der Waals surface area (Å²) in [5.41, 5.74) is 0.0758. The van der Waals surface area contributed by atoms with Crippen molar-refractivity contribution in [1.29, 1.82) is 0 Å². The Bertz CT molecular complexity index is 631. The first kappa shape index (κ1) is 15.1. The first-order valence-electron chi connectivity index (χ1n) is 7.11. The molecule has 3 heterocycles. The van der Waals surface area contributed by atoms with Crippen molar-refractivity contribution in [3.8, 4) is 5.75 Å². The third-order valence-corrected chi connectivity index (χ3v) is 5.10. The molecule has 0 saturated carbocycles. The summed E-state index contributed by atoms with van der Waals surface area (Å²) in [5.74, 6) is -0.581. The van der Waals surface area contributed by atoms with Gasteiger partial charge >= 0.3 is 5.97 Å². The molecule has 0 aliphatic carbocycles. The molecule has 8 heteroatoms. The smallest absolute Gasteiger partial charge is 0.332 e. The molecule has 1 atom stereocenters. The topological polar surface area (TPSA) is 98.0 Å². The highest BCUT2D eigenvalue weighted by molar-refractivity contribution is 8.14. The molecule has 0 amide bonds. The minimum Gasteiger partial charge on any atom is -0.506 e. The molecule has 0 radical (unpaired) electrons. The third-order valence-electron chi connectivity index (χ3n) is 3.84. The van der Waals surface area contributed by atoms with Gasteiger partial charge in [-0.2, -0.15) is 0 Å². The van der Waals surface area contributed by atoms with Crippen molar-refractivity contribution in [2.45, 2.75) is 12.5 Å². The van der Waals surface area contributed by atoms with E-state index in [1.807, 2.05) is 0 Å². The zero-order chi connectivity index (χ0) is 15.7. The van der Waals surface area contributed by atoms with Crippen molar-refractivity contribution in [3.63, 3.8) is 0 Å². The standard InChI is InChI=1S/C14H18N4O3S/c1-14(13(20)21)8-22-12(17-14)11-10(19)6-9(7-16-11)18-4-2-15-3-5-18/h6-7,15,19H,2-5,8H2,1H3,(H,20,21)/t14-/m1/s1. The van der Waals surface area contributed by atoms with Crippen LogP contribution in [0.2, 0.25) is 0 Å². The summed E-state index contributed by atoms with van der Waals surface area (Å²) < 4.78 is 0. The van der Waals surface area contributed by atoms with Crippen LogP contribution in [0.5, 0.6) is 5.75 Å². The predicted molar refractivity (Wildman–Crippen MR) is 86.0 cm³/mol. The maximum absolute atomic E-state index is 11.2. The lowest BCUT2D eigenvalue weighted by atomic mass is 10.1. The van der Waals surface area contributed by atoms with Gasteiger partial charge in [0.2, 0.25) is 0 Å². The van der Waals surface area contributed by atoms with Gasteiger partial charge in [0, 0.05) is 38.0 Å². The van der Waals surface area contributed by atoms with E-state index < -0.39 is 11.5 Å². The van der Waals surface area contributed by atoms with Crippen molar-refractivity contribution in [1.82, 2.24) is 10.3 Å². The Balaban J connectivity index is 1.85. The fourth-order valence-corrected chi connectivity index (χ4v) is 3.60. The minimum absolute atomic E-state index is 0.0388. The average molecular weight is 322 g/mol. The summed E-state index contributed by atoms with van der Waals surface area (Å²) in [7, 11) is 0. The van der Waals surface area contributed by atoms with E-state index in [9.17, 15) is 15.0 Å². The number of carboxylic acid groups (broad SMARTS) is 1. The zero-order valence-electron chi connectivity index (χ0n) is 12.2. The highest BCUT2D eigenvalue weighted by Crippen LogP contribution is 2.34. The molecular weight excluding hydrogens is 304 g/mol. The van der Waals surface area contributed by atoms with Crippen molar-refractivity contribution in [3.05, 3.63) is 18.0 Å². The van der Waals surface area contributed by atoms with E-state index in [1.54, 1.807) is 19.2 Å². The second-order valence-corrected chi connectivity index (χ2v) is 6.55. The van der Waals surface area contributed by atoms with Gasteiger partial charge in [0.25, 0.3) is 0 Å². The number of aliphatic imine (C=N–C) groups is 1. The molecule has 7 nitrogen and oxygen atoms in total. The number of nitrogens with zero attached hydrogens (tertiary/aromatic N) is 3. The van der Waals surface area contributed by atoms with Crippen LogP contribution in [0.25, 0.3) is 0 Å². The zero-order valence-corrected chi connectivity index (χ0v) is 13.1. The highest BCUT2D eigenvalue weighted by atomic mass is 32.2. The van der Waals surface area contributed by atoms with Gasteiger partial charge in [-0.3, -0.25) is 4.99 Å². The SMILES string of the molecule is C[C@]1(C(=O)O)CSC(c2ncc(N3CCNCC3)cc2O)=N1. The van der Waals surface area contributed by atoms with Gasteiger partial charge in [-0.1, -0.05) is 0 Å². The Labute approximate surface area is 132 Å². The molecule has 0 bridgehead atoms. The maximum atomic E-state index is 11.2. The highest BCUT2D eigenvalue weighted by Gasteiger charge is 2.39. The summed E-state index contributed by atoms with van der Waals surface area (Å²) in [6, 6.07) is 1.67. The summed E-state index contributed by atoms with van der Waals surface area (Å²) in [4.78, 5) is 21.9. The molecule has 22 heavy (non-hydrogen) atoms. The van der Waals surface area contributed by atoms with E-state index in [0.717, 1.165) is 31.9 Å². The molecule has 2 aliphatic heterocycles. The van der Waals surface area contributed by atoms with Crippen LogP contribution in [-0.2, 0) is 4.79 Å². The van der Waals surface area contributed by atoms with Crippen LogP contribution in [0.4, 0.5) is 5.69 Å². The van der Waals surface area contributed by atoms with E-state index in [4.69, 9.17) is 0 Å². The number of aliphatic carboxylic acids is 1.